The maximum Gasteiger partial charge on any atom is 0.352 e. The Morgan fingerprint density at radius 1 is 1.28 bits per heavy atom. The first-order valence-corrected chi connectivity index (χ1v) is 5.70. The van der Waals surface area contributed by atoms with Gasteiger partial charge in [-0.05, 0) is 18.2 Å². The Morgan fingerprint density at radius 2 is 1.94 bits per heavy atom. The topological polar surface area (TPSA) is 82.2 Å². The molecule has 2 rings (SSSR count). The van der Waals surface area contributed by atoms with Gasteiger partial charge in [-0.15, -0.1) is 0 Å². The third-order valence-electron chi connectivity index (χ3n) is 2.35. The molecule has 1 aromatic heterocycles. The number of H-pyrrole nitrogens is 1. The van der Waals surface area contributed by atoms with E-state index >= 15 is 0 Å². The summed E-state index contributed by atoms with van der Waals surface area (Å²) in [5, 5.41) is 12.2. The Kier molecular flexibility index (Phi) is 4.48. The van der Waals surface area contributed by atoms with Gasteiger partial charge in [0.2, 0.25) is 0 Å². The molecule has 0 aliphatic heterocycles. The summed E-state index contributed by atoms with van der Waals surface area (Å²) >= 11 is 0. The lowest BCUT2D eigenvalue weighted by molar-refractivity contribution is 0.0691. The highest BCUT2D eigenvalue weighted by molar-refractivity contribution is 5.90. The summed E-state index contributed by atoms with van der Waals surface area (Å²) < 4.78 is 0. The van der Waals surface area contributed by atoms with Gasteiger partial charge >= 0.3 is 5.97 Å². The van der Waals surface area contributed by atoms with E-state index in [1.54, 1.807) is 25.2 Å². The Bertz CT molecular complexity index is 617. The van der Waals surface area contributed by atoms with Crippen LogP contribution in [-0.4, -0.2) is 23.1 Å². The zero-order valence-electron chi connectivity index (χ0n) is 10.6. The molecule has 1 aromatic carbocycles. The van der Waals surface area contributed by atoms with Gasteiger partial charge < -0.3 is 15.4 Å². The summed E-state index contributed by atoms with van der Waals surface area (Å²) in [6, 6.07) is 6.21. The maximum absolute atomic E-state index is 11.7. The smallest absolute Gasteiger partial charge is 0.352 e. The van der Waals surface area contributed by atoms with Gasteiger partial charge in [0.15, 0.2) is 5.43 Å². The van der Waals surface area contributed by atoms with E-state index in [0.29, 0.717) is 10.9 Å². The van der Waals surface area contributed by atoms with Crippen LogP contribution >= 0.6 is 0 Å². The molecule has 0 saturated carbocycles. The third kappa shape index (κ3) is 2.68. The lowest BCUT2D eigenvalue weighted by Crippen LogP contribution is -2.09. The highest BCUT2D eigenvalue weighted by atomic mass is 16.4. The average Bonchev–Trinajstić information content (AvgIpc) is 2.40. The van der Waals surface area contributed by atoms with Crippen molar-refractivity contribution < 1.29 is 9.90 Å². The normalized spacial score (nSPS) is 9.50. The van der Waals surface area contributed by atoms with E-state index in [1.807, 2.05) is 13.8 Å². The second kappa shape index (κ2) is 5.86. The molecule has 0 aliphatic rings. The van der Waals surface area contributed by atoms with Crippen LogP contribution < -0.4 is 10.7 Å². The Morgan fingerprint density at radius 3 is 2.50 bits per heavy atom. The lowest BCUT2D eigenvalue weighted by atomic mass is 10.1. The van der Waals surface area contributed by atoms with Crippen LogP contribution in [0.25, 0.3) is 10.9 Å². The summed E-state index contributed by atoms with van der Waals surface area (Å²) in [5.74, 6) is -1.14. The molecular weight excluding hydrogens is 232 g/mol. The van der Waals surface area contributed by atoms with Crippen LogP contribution in [0.3, 0.4) is 0 Å². The average molecular weight is 248 g/mol. The minimum absolute atomic E-state index is 0.102. The first-order chi connectivity index (χ1) is 8.61. The molecule has 18 heavy (non-hydrogen) atoms. The fourth-order valence-electron chi connectivity index (χ4n) is 1.52. The fraction of sp³-hybridized carbons (Fsp3) is 0.231. The van der Waals surface area contributed by atoms with Crippen LogP contribution in [0.2, 0.25) is 0 Å². The van der Waals surface area contributed by atoms with Crippen molar-refractivity contribution in [2.75, 3.05) is 12.4 Å². The van der Waals surface area contributed by atoms with Gasteiger partial charge in [-0.2, -0.15) is 0 Å². The standard InChI is InChI=1S/C11H10N2O3.C2H6/c1-12-6-2-3-8-7(4-6)10(14)5-9(13-8)11(15)16;1-2/h2-5,12H,1H3,(H,13,14)(H,15,16);1-2H3. The van der Waals surface area contributed by atoms with E-state index in [1.165, 1.54) is 0 Å². The molecule has 1 heterocycles. The molecule has 5 heteroatoms. The predicted octanol–water partition coefficient (Wildman–Crippen LogP) is 2.29. The number of carboxylic acid groups (broad SMARTS) is 1. The van der Waals surface area contributed by atoms with E-state index < -0.39 is 5.97 Å². The van der Waals surface area contributed by atoms with Crippen molar-refractivity contribution in [2.24, 2.45) is 0 Å². The second-order valence-electron chi connectivity index (χ2n) is 3.36. The minimum Gasteiger partial charge on any atom is -0.477 e. The van der Waals surface area contributed by atoms with Crippen LogP contribution in [0.15, 0.2) is 29.1 Å². The number of nitrogens with one attached hydrogen (secondary N) is 2. The first-order valence-electron chi connectivity index (χ1n) is 5.70. The molecule has 2 aromatic rings. The summed E-state index contributed by atoms with van der Waals surface area (Å²) in [6.07, 6.45) is 0. The maximum atomic E-state index is 11.7. The number of aromatic nitrogens is 1. The van der Waals surface area contributed by atoms with Gasteiger partial charge in [-0.3, -0.25) is 4.79 Å². The van der Waals surface area contributed by atoms with Crippen molar-refractivity contribution in [3.63, 3.8) is 0 Å². The van der Waals surface area contributed by atoms with Crippen LogP contribution in [-0.2, 0) is 0 Å². The zero-order valence-corrected chi connectivity index (χ0v) is 10.6. The number of hydrogen-bond donors (Lipinski definition) is 3. The quantitative estimate of drug-likeness (QED) is 0.761. The molecule has 0 aliphatic carbocycles. The first kappa shape index (κ1) is 13.8. The summed E-state index contributed by atoms with van der Waals surface area (Å²) in [7, 11) is 1.75. The molecular formula is C13H16N2O3. The molecule has 5 nitrogen and oxygen atoms in total. The van der Waals surface area contributed by atoms with Gasteiger partial charge in [0, 0.05) is 24.2 Å². The number of fused-ring (bicyclic) bond motifs is 1. The predicted molar refractivity (Wildman–Crippen MR) is 72.4 cm³/mol. The van der Waals surface area contributed by atoms with E-state index in [9.17, 15) is 9.59 Å². The number of hydrogen-bond acceptors (Lipinski definition) is 3. The highest BCUT2D eigenvalue weighted by Crippen LogP contribution is 2.14. The van der Waals surface area contributed by atoms with Gasteiger partial charge in [-0.1, -0.05) is 13.8 Å². The number of aromatic carboxylic acids is 1. The van der Waals surface area contributed by atoms with Crippen LogP contribution in [0.1, 0.15) is 24.3 Å². The van der Waals surface area contributed by atoms with Gasteiger partial charge in [0.25, 0.3) is 0 Å². The molecule has 0 spiro atoms. The number of carboxylic acids is 1. The van der Waals surface area contributed by atoms with Crippen molar-refractivity contribution >= 4 is 22.6 Å². The molecule has 0 atom stereocenters. The van der Waals surface area contributed by atoms with Crippen LogP contribution in [0.4, 0.5) is 5.69 Å². The number of benzene rings is 1. The Labute approximate surface area is 104 Å². The molecule has 0 bridgehead atoms. The fourth-order valence-corrected chi connectivity index (χ4v) is 1.52. The van der Waals surface area contributed by atoms with Crippen molar-refractivity contribution in [1.82, 2.24) is 4.98 Å². The van der Waals surface area contributed by atoms with Crippen molar-refractivity contribution in [2.45, 2.75) is 13.8 Å². The van der Waals surface area contributed by atoms with Crippen LogP contribution in [0, 0.1) is 0 Å². The third-order valence-corrected chi connectivity index (χ3v) is 2.35. The number of pyridine rings is 1. The molecule has 96 valence electrons. The second-order valence-corrected chi connectivity index (χ2v) is 3.36. The van der Waals surface area contributed by atoms with Crippen molar-refractivity contribution in [3.8, 4) is 0 Å². The number of aromatic amines is 1. The monoisotopic (exact) mass is 248 g/mol. The number of rotatable bonds is 2. The van der Waals surface area contributed by atoms with Gasteiger partial charge in [0.1, 0.15) is 5.69 Å². The minimum atomic E-state index is -1.14. The Hall–Kier alpha value is -2.30. The zero-order chi connectivity index (χ0) is 13.7. The SMILES string of the molecule is CC.CNc1ccc2[nH]c(C(=O)O)cc(=O)c2c1. The molecule has 0 amide bonds. The van der Waals surface area contributed by atoms with E-state index in [2.05, 4.69) is 10.3 Å². The van der Waals surface area contributed by atoms with Gasteiger partial charge in [0.05, 0.1) is 5.52 Å². The molecule has 0 fully saturated rings. The summed E-state index contributed by atoms with van der Waals surface area (Å²) in [6.45, 7) is 4.00. The van der Waals surface area contributed by atoms with E-state index in [4.69, 9.17) is 5.11 Å². The van der Waals surface area contributed by atoms with Crippen molar-refractivity contribution in [1.29, 1.82) is 0 Å². The van der Waals surface area contributed by atoms with Gasteiger partial charge in [-0.25, -0.2) is 4.79 Å². The largest absolute Gasteiger partial charge is 0.477 e. The molecule has 0 saturated heterocycles. The molecule has 3 N–H and O–H groups in total. The summed E-state index contributed by atoms with van der Waals surface area (Å²) in [4.78, 5) is 25.1. The van der Waals surface area contributed by atoms with Crippen LogP contribution in [0.5, 0.6) is 0 Å². The van der Waals surface area contributed by atoms with E-state index in [0.717, 1.165) is 11.8 Å². The number of anilines is 1. The van der Waals surface area contributed by atoms with E-state index in [-0.39, 0.29) is 11.1 Å². The number of carbonyl (C=O) groups is 1. The highest BCUT2D eigenvalue weighted by Gasteiger charge is 2.07. The lowest BCUT2D eigenvalue weighted by Gasteiger charge is -2.03. The Balaban J connectivity index is 0.000000771. The van der Waals surface area contributed by atoms with Crippen molar-refractivity contribution in [3.05, 3.63) is 40.2 Å². The molecule has 0 unspecified atom stereocenters. The summed E-state index contributed by atoms with van der Waals surface area (Å²) in [5.41, 5.74) is 0.919. The molecule has 0 radical (unpaired) electrons.